The molecule has 3 fully saturated rings. The quantitative estimate of drug-likeness (QED) is 0.831. The molecule has 0 aromatic carbocycles. The van der Waals surface area contributed by atoms with Crippen molar-refractivity contribution in [3.05, 3.63) is 0 Å². The molecule has 0 bridgehead atoms. The maximum atomic E-state index is 5.64. The summed E-state index contributed by atoms with van der Waals surface area (Å²) in [5.74, 6) is 0.792. The van der Waals surface area contributed by atoms with Crippen molar-refractivity contribution >= 4 is 0 Å². The molecule has 3 saturated heterocycles. The number of nitrogens with zero attached hydrogens (tertiary/aromatic N) is 1. The summed E-state index contributed by atoms with van der Waals surface area (Å²) in [5.41, 5.74) is 0. The Balaban J connectivity index is 1.56. The summed E-state index contributed by atoms with van der Waals surface area (Å²) < 4.78 is 5.64. The number of ether oxygens (including phenoxy) is 1. The van der Waals surface area contributed by atoms with Crippen molar-refractivity contribution in [2.75, 3.05) is 32.8 Å². The first-order valence-electron chi connectivity index (χ1n) is 7.98. The molecule has 0 spiro atoms. The Bertz CT molecular complexity index is 247. The Morgan fingerprint density at radius 1 is 1.06 bits per heavy atom. The first kappa shape index (κ1) is 12.9. The molecule has 3 aliphatic rings. The molecule has 18 heavy (non-hydrogen) atoms. The van der Waals surface area contributed by atoms with Crippen molar-refractivity contribution in [3.63, 3.8) is 0 Å². The highest BCUT2D eigenvalue weighted by Gasteiger charge is 2.32. The second-order valence-corrected chi connectivity index (χ2v) is 6.34. The lowest BCUT2D eigenvalue weighted by Gasteiger charge is -2.41. The SMILES string of the molecule is C1COCC(CN2CCCCC2C2CCCN2)C1. The fourth-order valence-corrected chi connectivity index (χ4v) is 4.02. The molecule has 0 aromatic rings. The summed E-state index contributed by atoms with van der Waals surface area (Å²) in [6.45, 7) is 5.83. The predicted molar refractivity (Wildman–Crippen MR) is 73.8 cm³/mol. The van der Waals surface area contributed by atoms with E-state index in [-0.39, 0.29) is 0 Å². The van der Waals surface area contributed by atoms with Crippen LogP contribution in [-0.4, -0.2) is 49.8 Å². The third kappa shape index (κ3) is 3.06. The maximum absolute atomic E-state index is 5.64. The van der Waals surface area contributed by atoms with Crippen LogP contribution in [-0.2, 0) is 4.74 Å². The zero-order chi connectivity index (χ0) is 12.2. The van der Waals surface area contributed by atoms with E-state index < -0.39 is 0 Å². The van der Waals surface area contributed by atoms with Gasteiger partial charge in [-0.05, 0) is 57.5 Å². The molecule has 0 radical (unpaired) electrons. The summed E-state index contributed by atoms with van der Waals surface area (Å²) >= 11 is 0. The van der Waals surface area contributed by atoms with Gasteiger partial charge in [-0.3, -0.25) is 4.90 Å². The highest BCUT2D eigenvalue weighted by atomic mass is 16.5. The number of rotatable bonds is 3. The van der Waals surface area contributed by atoms with Gasteiger partial charge in [0.1, 0.15) is 0 Å². The molecule has 1 N–H and O–H groups in total. The van der Waals surface area contributed by atoms with Gasteiger partial charge in [0, 0.05) is 25.2 Å². The lowest BCUT2D eigenvalue weighted by atomic mass is 9.92. The fourth-order valence-electron chi connectivity index (χ4n) is 4.02. The van der Waals surface area contributed by atoms with Crippen molar-refractivity contribution in [1.29, 1.82) is 0 Å². The second-order valence-electron chi connectivity index (χ2n) is 6.34. The minimum absolute atomic E-state index is 0.773. The second kappa shape index (κ2) is 6.36. The highest BCUT2D eigenvalue weighted by Crippen LogP contribution is 2.26. The summed E-state index contributed by atoms with van der Waals surface area (Å²) in [7, 11) is 0. The molecule has 3 rings (SSSR count). The van der Waals surface area contributed by atoms with E-state index in [0.29, 0.717) is 0 Å². The number of hydrogen-bond donors (Lipinski definition) is 1. The van der Waals surface area contributed by atoms with Crippen molar-refractivity contribution in [2.24, 2.45) is 5.92 Å². The molecule has 0 aliphatic carbocycles. The smallest absolute Gasteiger partial charge is 0.0506 e. The Morgan fingerprint density at radius 3 is 2.83 bits per heavy atom. The third-order valence-corrected chi connectivity index (χ3v) is 4.97. The maximum Gasteiger partial charge on any atom is 0.0506 e. The summed E-state index contributed by atoms with van der Waals surface area (Å²) in [5, 5.41) is 3.72. The molecule has 3 nitrogen and oxygen atoms in total. The largest absolute Gasteiger partial charge is 0.381 e. The monoisotopic (exact) mass is 252 g/mol. The standard InChI is InChI=1S/C15H28N2O/c1-2-9-17(11-13-5-4-10-18-12-13)15(7-1)14-6-3-8-16-14/h13-16H,1-12H2. The van der Waals surface area contributed by atoms with E-state index in [1.165, 1.54) is 64.6 Å². The van der Waals surface area contributed by atoms with Gasteiger partial charge in [0.25, 0.3) is 0 Å². The van der Waals surface area contributed by atoms with E-state index in [0.717, 1.165) is 31.2 Å². The Hall–Kier alpha value is -0.120. The molecule has 0 aromatic heterocycles. The van der Waals surface area contributed by atoms with Crippen molar-refractivity contribution in [2.45, 2.75) is 57.0 Å². The normalized spacial score (nSPS) is 39.0. The number of piperidine rings is 1. The van der Waals surface area contributed by atoms with E-state index in [9.17, 15) is 0 Å². The summed E-state index contributed by atoms with van der Waals surface area (Å²) in [4.78, 5) is 2.78. The van der Waals surface area contributed by atoms with Crippen molar-refractivity contribution < 1.29 is 4.74 Å². The van der Waals surface area contributed by atoms with Crippen LogP contribution >= 0.6 is 0 Å². The minimum Gasteiger partial charge on any atom is -0.381 e. The molecular weight excluding hydrogens is 224 g/mol. The lowest BCUT2D eigenvalue weighted by molar-refractivity contribution is 0.0196. The first-order valence-corrected chi connectivity index (χ1v) is 7.98. The van der Waals surface area contributed by atoms with Crippen LogP contribution < -0.4 is 5.32 Å². The Morgan fingerprint density at radius 2 is 2.06 bits per heavy atom. The molecule has 3 heterocycles. The van der Waals surface area contributed by atoms with Gasteiger partial charge in [0.05, 0.1) is 6.61 Å². The van der Waals surface area contributed by atoms with Crippen molar-refractivity contribution in [3.8, 4) is 0 Å². The summed E-state index contributed by atoms with van der Waals surface area (Å²) in [6, 6.07) is 1.58. The fraction of sp³-hybridized carbons (Fsp3) is 1.00. The van der Waals surface area contributed by atoms with E-state index in [1.54, 1.807) is 0 Å². The third-order valence-electron chi connectivity index (χ3n) is 4.97. The van der Waals surface area contributed by atoms with E-state index >= 15 is 0 Å². The van der Waals surface area contributed by atoms with Crippen LogP contribution in [0, 0.1) is 5.92 Å². The number of likely N-dealkylation sites (tertiary alicyclic amines) is 1. The molecular formula is C15H28N2O. The van der Waals surface area contributed by atoms with Crippen LogP contribution in [0.25, 0.3) is 0 Å². The van der Waals surface area contributed by atoms with Crippen LogP contribution in [0.1, 0.15) is 44.9 Å². The summed E-state index contributed by atoms with van der Waals surface area (Å²) in [6.07, 6.45) is 9.65. The van der Waals surface area contributed by atoms with Gasteiger partial charge in [-0.15, -0.1) is 0 Å². The topological polar surface area (TPSA) is 24.5 Å². The first-order chi connectivity index (χ1) is 8.93. The van der Waals surface area contributed by atoms with E-state index in [1.807, 2.05) is 0 Å². The van der Waals surface area contributed by atoms with Gasteiger partial charge < -0.3 is 10.1 Å². The molecule has 3 unspecified atom stereocenters. The van der Waals surface area contributed by atoms with Gasteiger partial charge >= 0.3 is 0 Å². The molecule has 0 amide bonds. The number of nitrogens with one attached hydrogen (secondary N) is 1. The van der Waals surface area contributed by atoms with E-state index in [4.69, 9.17) is 4.74 Å². The molecule has 3 heteroatoms. The van der Waals surface area contributed by atoms with Crippen LogP contribution in [0.4, 0.5) is 0 Å². The molecule has 3 atom stereocenters. The average molecular weight is 252 g/mol. The van der Waals surface area contributed by atoms with Crippen LogP contribution in [0.2, 0.25) is 0 Å². The zero-order valence-electron chi connectivity index (χ0n) is 11.6. The predicted octanol–water partition coefficient (Wildman–Crippen LogP) is 2.02. The van der Waals surface area contributed by atoms with Crippen LogP contribution in [0.5, 0.6) is 0 Å². The van der Waals surface area contributed by atoms with Gasteiger partial charge in [0.2, 0.25) is 0 Å². The van der Waals surface area contributed by atoms with Crippen LogP contribution in [0.15, 0.2) is 0 Å². The van der Waals surface area contributed by atoms with Gasteiger partial charge in [-0.2, -0.15) is 0 Å². The number of hydrogen-bond acceptors (Lipinski definition) is 3. The zero-order valence-corrected chi connectivity index (χ0v) is 11.6. The lowest BCUT2D eigenvalue weighted by Crippen LogP contribution is -2.52. The molecule has 0 saturated carbocycles. The van der Waals surface area contributed by atoms with Gasteiger partial charge in [-0.1, -0.05) is 6.42 Å². The molecule has 3 aliphatic heterocycles. The van der Waals surface area contributed by atoms with Gasteiger partial charge in [-0.25, -0.2) is 0 Å². The average Bonchev–Trinajstić information content (AvgIpc) is 2.94. The Labute approximate surface area is 111 Å². The molecule has 104 valence electrons. The van der Waals surface area contributed by atoms with Crippen molar-refractivity contribution in [1.82, 2.24) is 10.2 Å². The minimum atomic E-state index is 0.773. The Kier molecular flexibility index (Phi) is 4.55. The van der Waals surface area contributed by atoms with Gasteiger partial charge in [0.15, 0.2) is 0 Å². The highest BCUT2D eigenvalue weighted by molar-refractivity contribution is 4.91. The van der Waals surface area contributed by atoms with E-state index in [2.05, 4.69) is 10.2 Å². The van der Waals surface area contributed by atoms with Crippen LogP contribution in [0.3, 0.4) is 0 Å².